The van der Waals surface area contributed by atoms with E-state index in [1.807, 2.05) is 77.7 Å². The Bertz CT molecular complexity index is 928. The zero-order valence-corrected chi connectivity index (χ0v) is 16.5. The van der Waals surface area contributed by atoms with Crippen molar-refractivity contribution in [3.63, 3.8) is 0 Å². The van der Waals surface area contributed by atoms with Crippen LogP contribution >= 0.6 is 0 Å². The van der Waals surface area contributed by atoms with E-state index in [1.165, 1.54) is 5.56 Å². The van der Waals surface area contributed by atoms with Gasteiger partial charge in [0.05, 0.1) is 5.56 Å². The monoisotopic (exact) mass is 386 g/mol. The van der Waals surface area contributed by atoms with Crippen LogP contribution in [0.3, 0.4) is 0 Å². The number of carbonyl (C=O) groups excluding carboxylic acids is 1. The van der Waals surface area contributed by atoms with Crippen LogP contribution in [0.25, 0.3) is 0 Å². The number of hydrogen-bond acceptors (Lipinski definition) is 3. The highest BCUT2D eigenvalue weighted by Gasteiger charge is 2.29. The van der Waals surface area contributed by atoms with Gasteiger partial charge in [0, 0.05) is 25.7 Å². The van der Waals surface area contributed by atoms with Crippen LogP contribution in [0.5, 0.6) is 5.75 Å². The first-order valence-electron chi connectivity index (χ1n) is 10.1. The third kappa shape index (κ3) is 4.84. The summed E-state index contributed by atoms with van der Waals surface area (Å²) < 4.78 is 6.03. The van der Waals surface area contributed by atoms with Crippen molar-refractivity contribution in [2.75, 3.05) is 19.6 Å². The minimum Gasteiger partial charge on any atom is -0.488 e. The number of nitrogens with one attached hydrogen (secondary N) is 1. The van der Waals surface area contributed by atoms with Crippen molar-refractivity contribution in [1.82, 2.24) is 10.2 Å². The molecule has 0 aliphatic carbocycles. The van der Waals surface area contributed by atoms with Crippen molar-refractivity contribution in [3.8, 4) is 5.75 Å². The number of para-hydroxylation sites is 1. The Kier molecular flexibility index (Phi) is 6.22. The molecule has 0 bridgehead atoms. The standard InChI is InChI=1S/C25H26N2O2/c28-25(27-16-15-26-18-22(27)17-20-9-3-1-4-10-20)23-13-7-8-14-24(23)29-19-21-11-5-2-6-12-21/h1-14,22,26H,15-19H2. The normalized spacial score (nSPS) is 16.4. The Morgan fingerprint density at radius 1 is 0.897 bits per heavy atom. The fourth-order valence-corrected chi connectivity index (χ4v) is 3.76. The molecular weight excluding hydrogens is 360 g/mol. The van der Waals surface area contributed by atoms with Crippen molar-refractivity contribution in [3.05, 3.63) is 102 Å². The van der Waals surface area contributed by atoms with Crippen LogP contribution in [0, 0.1) is 0 Å². The summed E-state index contributed by atoms with van der Waals surface area (Å²) in [5.41, 5.74) is 2.95. The van der Waals surface area contributed by atoms with E-state index in [2.05, 4.69) is 17.4 Å². The molecule has 4 nitrogen and oxygen atoms in total. The van der Waals surface area contributed by atoms with E-state index >= 15 is 0 Å². The van der Waals surface area contributed by atoms with Gasteiger partial charge in [-0.05, 0) is 29.7 Å². The minimum absolute atomic E-state index is 0.0380. The van der Waals surface area contributed by atoms with Crippen molar-refractivity contribution in [1.29, 1.82) is 0 Å². The summed E-state index contributed by atoms with van der Waals surface area (Å²) in [5.74, 6) is 0.675. The maximum atomic E-state index is 13.5. The second kappa shape index (κ2) is 9.39. The van der Waals surface area contributed by atoms with Gasteiger partial charge in [-0.1, -0.05) is 72.8 Å². The number of amides is 1. The van der Waals surface area contributed by atoms with Gasteiger partial charge in [-0.25, -0.2) is 0 Å². The minimum atomic E-state index is 0.0380. The highest BCUT2D eigenvalue weighted by Crippen LogP contribution is 2.23. The first-order chi connectivity index (χ1) is 14.3. The Morgan fingerprint density at radius 3 is 2.31 bits per heavy atom. The van der Waals surface area contributed by atoms with Crippen LogP contribution in [0.1, 0.15) is 21.5 Å². The first kappa shape index (κ1) is 19.2. The van der Waals surface area contributed by atoms with Crippen LogP contribution in [-0.4, -0.2) is 36.5 Å². The molecule has 1 saturated heterocycles. The third-order valence-electron chi connectivity index (χ3n) is 5.28. The number of hydrogen-bond donors (Lipinski definition) is 1. The van der Waals surface area contributed by atoms with Gasteiger partial charge in [0.25, 0.3) is 5.91 Å². The summed E-state index contributed by atoms with van der Waals surface area (Å²) in [6.45, 7) is 2.75. The van der Waals surface area contributed by atoms with Gasteiger partial charge in [-0.3, -0.25) is 4.79 Å². The summed E-state index contributed by atoms with van der Waals surface area (Å²) in [6, 6.07) is 28.0. The number of nitrogens with zero attached hydrogens (tertiary/aromatic N) is 1. The largest absolute Gasteiger partial charge is 0.488 e. The van der Waals surface area contributed by atoms with Crippen molar-refractivity contribution >= 4 is 5.91 Å². The molecule has 1 N–H and O–H groups in total. The van der Waals surface area contributed by atoms with Crippen LogP contribution in [0.15, 0.2) is 84.9 Å². The highest BCUT2D eigenvalue weighted by molar-refractivity contribution is 5.97. The van der Waals surface area contributed by atoms with E-state index in [1.54, 1.807) is 0 Å². The van der Waals surface area contributed by atoms with E-state index in [0.717, 1.165) is 25.1 Å². The zero-order chi connectivity index (χ0) is 19.9. The van der Waals surface area contributed by atoms with Crippen LogP contribution in [-0.2, 0) is 13.0 Å². The Balaban J connectivity index is 1.51. The molecule has 3 aromatic rings. The smallest absolute Gasteiger partial charge is 0.257 e. The van der Waals surface area contributed by atoms with Crippen LogP contribution < -0.4 is 10.1 Å². The molecule has 1 aliphatic rings. The highest BCUT2D eigenvalue weighted by atomic mass is 16.5. The quantitative estimate of drug-likeness (QED) is 0.698. The number of piperazine rings is 1. The molecule has 4 heteroatoms. The molecule has 0 radical (unpaired) electrons. The van der Waals surface area contributed by atoms with Crippen LogP contribution in [0.2, 0.25) is 0 Å². The van der Waals surface area contributed by atoms with E-state index in [9.17, 15) is 4.79 Å². The van der Waals surface area contributed by atoms with Crippen LogP contribution in [0.4, 0.5) is 0 Å². The number of benzene rings is 3. The van der Waals surface area contributed by atoms with Gasteiger partial charge < -0.3 is 15.0 Å². The Morgan fingerprint density at radius 2 is 1.55 bits per heavy atom. The predicted octanol–water partition coefficient (Wildman–Crippen LogP) is 3.92. The summed E-state index contributed by atoms with van der Waals surface area (Å²) in [5, 5.41) is 3.43. The summed E-state index contributed by atoms with van der Waals surface area (Å²) in [7, 11) is 0. The van der Waals surface area contributed by atoms with Crippen molar-refractivity contribution in [2.45, 2.75) is 19.1 Å². The molecule has 29 heavy (non-hydrogen) atoms. The maximum absolute atomic E-state index is 13.5. The molecule has 1 heterocycles. The third-order valence-corrected chi connectivity index (χ3v) is 5.28. The molecule has 1 aliphatic heterocycles. The van der Waals surface area contributed by atoms with E-state index in [0.29, 0.717) is 24.5 Å². The van der Waals surface area contributed by atoms with E-state index < -0.39 is 0 Å². The van der Waals surface area contributed by atoms with E-state index in [-0.39, 0.29) is 11.9 Å². The lowest BCUT2D eigenvalue weighted by Gasteiger charge is -2.36. The molecule has 0 saturated carbocycles. The second-order valence-electron chi connectivity index (χ2n) is 7.32. The van der Waals surface area contributed by atoms with Gasteiger partial charge in [0.2, 0.25) is 0 Å². The number of ether oxygens (including phenoxy) is 1. The van der Waals surface area contributed by atoms with Gasteiger partial charge in [-0.2, -0.15) is 0 Å². The lowest BCUT2D eigenvalue weighted by molar-refractivity contribution is 0.0631. The second-order valence-corrected chi connectivity index (χ2v) is 7.32. The van der Waals surface area contributed by atoms with Gasteiger partial charge in [0.15, 0.2) is 0 Å². The maximum Gasteiger partial charge on any atom is 0.257 e. The number of rotatable bonds is 6. The Hall–Kier alpha value is -3.11. The fraction of sp³-hybridized carbons (Fsp3) is 0.240. The molecule has 1 unspecified atom stereocenters. The SMILES string of the molecule is O=C(c1ccccc1OCc1ccccc1)N1CCNCC1Cc1ccccc1. The number of carbonyl (C=O) groups is 1. The molecule has 0 aromatic heterocycles. The Labute approximate surface area is 172 Å². The fourth-order valence-electron chi connectivity index (χ4n) is 3.76. The molecular formula is C25H26N2O2. The predicted molar refractivity (Wildman–Crippen MR) is 115 cm³/mol. The van der Waals surface area contributed by atoms with E-state index in [4.69, 9.17) is 4.74 Å². The van der Waals surface area contributed by atoms with Gasteiger partial charge in [0.1, 0.15) is 12.4 Å². The molecule has 3 aromatic carbocycles. The molecule has 1 amide bonds. The molecule has 1 fully saturated rings. The molecule has 4 rings (SSSR count). The molecule has 0 spiro atoms. The summed E-state index contributed by atoms with van der Waals surface area (Å²) >= 11 is 0. The lowest BCUT2D eigenvalue weighted by Crippen LogP contribution is -2.54. The lowest BCUT2D eigenvalue weighted by atomic mass is 10.0. The topological polar surface area (TPSA) is 41.6 Å². The molecule has 148 valence electrons. The van der Waals surface area contributed by atoms with Crippen molar-refractivity contribution < 1.29 is 9.53 Å². The van der Waals surface area contributed by atoms with Gasteiger partial charge in [-0.15, -0.1) is 0 Å². The average molecular weight is 386 g/mol. The average Bonchev–Trinajstić information content (AvgIpc) is 2.79. The first-order valence-corrected chi connectivity index (χ1v) is 10.1. The van der Waals surface area contributed by atoms with Gasteiger partial charge >= 0.3 is 0 Å². The summed E-state index contributed by atoms with van der Waals surface area (Å²) in [4.78, 5) is 15.4. The molecule has 1 atom stereocenters. The summed E-state index contributed by atoms with van der Waals surface area (Å²) in [6.07, 6.45) is 0.840. The zero-order valence-electron chi connectivity index (χ0n) is 16.5. The van der Waals surface area contributed by atoms with Crippen molar-refractivity contribution in [2.24, 2.45) is 0 Å².